The molecule has 0 unspecified atom stereocenters. The molecule has 0 atom stereocenters. The second-order valence-electron chi connectivity index (χ2n) is 8.02. The molecule has 0 aliphatic carbocycles. The molecule has 1 aliphatic rings. The number of hydrogen-bond donors (Lipinski definition) is 1. The lowest BCUT2D eigenvalue weighted by Crippen LogP contribution is -2.49. The van der Waals surface area contributed by atoms with E-state index in [0.29, 0.717) is 38.6 Å². The zero-order chi connectivity index (χ0) is 20.4. The fourth-order valence-corrected chi connectivity index (χ4v) is 3.89. The van der Waals surface area contributed by atoms with Gasteiger partial charge in [-0.2, -0.15) is 0 Å². The zero-order valence-electron chi connectivity index (χ0n) is 17.0. The van der Waals surface area contributed by atoms with Crippen LogP contribution in [0.1, 0.15) is 46.0 Å². The van der Waals surface area contributed by atoms with E-state index >= 15 is 0 Å². The van der Waals surface area contributed by atoms with Crippen LogP contribution < -0.4 is 0 Å². The van der Waals surface area contributed by atoms with E-state index in [1.54, 1.807) is 6.20 Å². The second-order valence-corrected chi connectivity index (χ2v) is 8.02. The molecular weight excluding hydrogens is 362 g/mol. The maximum absolute atomic E-state index is 12.8. The summed E-state index contributed by atoms with van der Waals surface area (Å²) in [5.74, 6) is 0.645. The van der Waals surface area contributed by atoms with Gasteiger partial charge in [-0.05, 0) is 29.7 Å². The third-order valence-corrected chi connectivity index (χ3v) is 5.74. The average Bonchev–Trinajstić information content (AvgIpc) is 3.18. The van der Waals surface area contributed by atoms with Crippen molar-refractivity contribution in [3.63, 3.8) is 0 Å². The first-order chi connectivity index (χ1) is 14.0. The number of ketones is 1. The van der Waals surface area contributed by atoms with Crippen molar-refractivity contribution in [2.45, 2.75) is 19.8 Å². The topological polar surface area (TPSA) is 56.4 Å². The Bertz CT molecular complexity index is 1010. The normalized spacial score (nSPS) is 15.2. The fraction of sp³-hybridized carbons (Fsp3) is 0.333. The highest BCUT2D eigenvalue weighted by molar-refractivity contribution is 6.08. The molecule has 4 rings (SSSR count). The third-order valence-electron chi connectivity index (χ3n) is 5.74. The van der Waals surface area contributed by atoms with Gasteiger partial charge in [0, 0.05) is 54.4 Å². The molecule has 0 spiro atoms. The summed E-state index contributed by atoms with van der Waals surface area (Å²) in [4.78, 5) is 32.7. The Labute approximate surface area is 171 Å². The molecular formula is C24H27N3O2. The summed E-state index contributed by atoms with van der Waals surface area (Å²) in [6.45, 7) is 7.39. The maximum atomic E-state index is 12.8. The molecule has 1 amide bonds. The third kappa shape index (κ3) is 4.10. The molecule has 29 heavy (non-hydrogen) atoms. The van der Waals surface area contributed by atoms with Crippen LogP contribution in [0.2, 0.25) is 0 Å². The molecule has 1 aliphatic heterocycles. The number of para-hydroxylation sites is 1. The number of carbonyl (C=O) groups is 2. The van der Waals surface area contributed by atoms with Gasteiger partial charge in [0.1, 0.15) is 0 Å². The Morgan fingerprint density at radius 2 is 1.66 bits per heavy atom. The van der Waals surface area contributed by atoms with Crippen molar-refractivity contribution in [1.82, 2.24) is 14.8 Å². The van der Waals surface area contributed by atoms with Crippen LogP contribution >= 0.6 is 0 Å². The number of nitrogens with zero attached hydrogens (tertiary/aromatic N) is 2. The largest absolute Gasteiger partial charge is 0.360 e. The van der Waals surface area contributed by atoms with E-state index in [1.807, 2.05) is 53.4 Å². The quantitative estimate of drug-likeness (QED) is 0.673. The Morgan fingerprint density at radius 1 is 0.966 bits per heavy atom. The minimum Gasteiger partial charge on any atom is -0.360 e. The molecule has 2 aromatic carbocycles. The Hall–Kier alpha value is -2.92. The Morgan fingerprint density at radius 3 is 2.34 bits per heavy atom. The number of nitrogens with one attached hydrogen (secondary N) is 1. The summed E-state index contributed by atoms with van der Waals surface area (Å²) in [5.41, 5.74) is 3.69. The highest BCUT2D eigenvalue weighted by Crippen LogP contribution is 2.19. The van der Waals surface area contributed by atoms with Crippen LogP contribution in [0.15, 0.2) is 54.7 Å². The number of benzene rings is 2. The molecule has 1 saturated heterocycles. The number of aromatic nitrogens is 1. The molecule has 3 aromatic rings. The molecule has 2 heterocycles. The van der Waals surface area contributed by atoms with E-state index in [-0.39, 0.29) is 11.7 Å². The molecule has 0 radical (unpaired) electrons. The fourth-order valence-electron chi connectivity index (χ4n) is 3.89. The standard InChI is InChI=1S/C24H27N3O2/c1-17(2)18-7-9-19(10-8-18)24(29)27-13-11-26(12-14-27)16-23(28)21-15-25-22-6-4-3-5-20(21)22/h3-10,15,17,25H,11-14,16H2,1-2H3. The van der Waals surface area contributed by atoms with Crippen LogP contribution in [0.25, 0.3) is 10.9 Å². The number of rotatable bonds is 5. The van der Waals surface area contributed by atoms with Gasteiger partial charge in [0.2, 0.25) is 0 Å². The first kappa shape index (κ1) is 19.4. The van der Waals surface area contributed by atoms with E-state index in [1.165, 1.54) is 5.56 Å². The van der Waals surface area contributed by atoms with Gasteiger partial charge >= 0.3 is 0 Å². The van der Waals surface area contributed by atoms with Crippen molar-refractivity contribution in [2.24, 2.45) is 0 Å². The monoisotopic (exact) mass is 389 g/mol. The van der Waals surface area contributed by atoms with E-state index in [9.17, 15) is 9.59 Å². The molecule has 1 N–H and O–H groups in total. The molecule has 1 aromatic heterocycles. The predicted molar refractivity (Wildman–Crippen MR) is 116 cm³/mol. The van der Waals surface area contributed by atoms with Crippen LogP contribution in [-0.4, -0.2) is 59.2 Å². The van der Waals surface area contributed by atoms with Crippen LogP contribution in [0, 0.1) is 0 Å². The lowest BCUT2D eigenvalue weighted by molar-refractivity contribution is 0.0624. The Kier molecular flexibility index (Phi) is 5.49. The molecule has 0 saturated carbocycles. The van der Waals surface area contributed by atoms with E-state index in [4.69, 9.17) is 0 Å². The summed E-state index contributed by atoms with van der Waals surface area (Å²) in [6.07, 6.45) is 1.80. The van der Waals surface area contributed by atoms with Crippen molar-refractivity contribution >= 4 is 22.6 Å². The number of amides is 1. The SMILES string of the molecule is CC(C)c1ccc(C(=O)N2CCN(CC(=O)c3c[nH]c4ccccc34)CC2)cc1. The van der Waals surface area contributed by atoms with Gasteiger partial charge in [-0.25, -0.2) is 0 Å². The van der Waals surface area contributed by atoms with Crippen molar-refractivity contribution in [1.29, 1.82) is 0 Å². The second kappa shape index (κ2) is 8.21. The van der Waals surface area contributed by atoms with Gasteiger partial charge in [0.15, 0.2) is 5.78 Å². The number of aromatic amines is 1. The summed E-state index contributed by atoms with van der Waals surface area (Å²) in [5, 5.41) is 0.969. The van der Waals surface area contributed by atoms with Crippen LogP contribution in [0.5, 0.6) is 0 Å². The molecule has 5 nitrogen and oxygen atoms in total. The summed E-state index contributed by atoms with van der Waals surface area (Å²) in [7, 11) is 0. The predicted octanol–water partition coefficient (Wildman–Crippen LogP) is 3.93. The molecule has 0 bridgehead atoms. The van der Waals surface area contributed by atoms with Crippen molar-refractivity contribution in [3.8, 4) is 0 Å². The molecule has 5 heteroatoms. The number of fused-ring (bicyclic) bond motifs is 1. The zero-order valence-corrected chi connectivity index (χ0v) is 17.0. The molecule has 150 valence electrons. The number of H-pyrrole nitrogens is 1. The summed E-state index contributed by atoms with van der Waals surface area (Å²) >= 11 is 0. The minimum atomic E-state index is 0.0721. The van der Waals surface area contributed by atoms with Gasteiger partial charge in [-0.1, -0.05) is 44.2 Å². The molecule has 1 fully saturated rings. The summed E-state index contributed by atoms with van der Waals surface area (Å²) in [6, 6.07) is 15.8. The highest BCUT2D eigenvalue weighted by atomic mass is 16.2. The number of piperazine rings is 1. The van der Waals surface area contributed by atoms with Crippen molar-refractivity contribution in [2.75, 3.05) is 32.7 Å². The first-order valence-electron chi connectivity index (χ1n) is 10.2. The van der Waals surface area contributed by atoms with Crippen molar-refractivity contribution < 1.29 is 9.59 Å². The van der Waals surface area contributed by atoms with Crippen molar-refractivity contribution in [3.05, 3.63) is 71.4 Å². The van der Waals surface area contributed by atoms with Gasteiger partial charge in [-0.3, -0.25) is 14.5 Å². The van der Waals surface area contributed by atoms with Gasteiger partial charge < -0.3 is 9.88 Å². The van der Waals surface area contributed by atoms with Gasteiger partial charge in [0.05, 0.1) is 6.54 Å². The highest BCUT2D eigenvalue weighted by Gasteiger charge is 2.24. The van der Waals surface area contributed by atoms with Gasteiger partial charge in [-0.15, -0.1) is 0 Å². The van der Waals surface area contributed by atoms with E-state index in [0.717, 1.165) is 22.0 Å². The lowest BCUT2D eigenvalue weighted by Gasteiger charge is -2.34. The Balaban J connectivity index is 1.34. The van der Waals surface area contributed by atoms with E-state index in [2.05, 4.69) is 23.7 Å². The maximum Gasteiger partial charge on any atom is 0.253 e. The lowest BCUT2D eigenvalue weighted by atomic mass is 10.0. The smallest absolute Gasteiger partial charge is 0.253 e. The van der Waals surface area contributed by atoms with E-state index < -0.39 is 0 Å². The van der Waals surface area contributed by atoms with Crippen LogP contribution in [0.3, 0.4) is 0 Å². The number of hydrogen-bond acceptors (Lipinski definition) is 3. The number of Topliss-reactive ketones (excluding diaryl/α,β-unsaturated/α-hetero) is 1. The average molecular weight is 389 g/mol. The van der Waals surface area contributed by atoms with Crippen LogP contribution in [-0.2, 0) is 0 Å². The summed E-state index contributed by atoms with van der Waals surface area (Å²) < 4.78 is 0. The minimum absolute atomic E-state index is 0.0721. The first-order valence-corrected chi connectivity index (χ1v) is 10.2. The van der Waals surface area contributed by atoms with Gasteiger partial charge in [0.25, 0.3) is 5.91 Å². The van der Waals surface area contributed by atoms with Crippen LogP contribution in [0.4, 0.5) is 0 Å². The number of carbonyl (C=O) groups excluding carboxylic acids is 2.